The molecule has 128 valence electrons. The Balaban J connectivity index is 2.30. The first-order chi connectivity index (χ1) is 12.1. The van der Waals surface area contributed by atoms with E-state index in [-0.39, 0.29) is 5.57 Å². The second-order valence-electron chi connectivity index (χ2n) is 4.94. The molecule has 0 aliphatic heterocycles. The van der Waals surface area contributed by atoms with Gasteiger partial charge >= 0.3 is 0 Å². The van der Waals surface area contributed by atoms with Crippen LogP contribution in [0.2, 0.25) is 0 Å². The lowest BCUT2D eigenvalue weighted by Gasteiger charge is -2.12. The SMILES string of the molecule is CCOc1cccc(/C=C(\C#N)C(=O)Nc2ccc(F)cc2)c1OC. The molecule has 0 aliphatic carbocycles. The van der Waals surface area contributed by atoms with Crippen LogP contribution in [0.4, 0.5) is 10.1 Å². The average Bonchev–Trinajstić information content (AvgIpc) is 2.62. The van der Waals surface area contributed by atoms with Gasteiger partial charge < -0.3 is 14.8 Å². The van der Waals surface area contributed by atoms with Gasteiger partial charge in [-0.3, -0.25) is 4.79 Å². The highest BCUT2D eigenvalue weighted by molar-refractivity contribution is 6.09. The fraction of sp³-hybridized carbons (Fsp3) is 0.158. The molecule has 2 aromatic carbocycles. The molecule has 0 atom stereocenters. The molecule has 0 radical (unpaired) electrons. The first-order valence-electron chi connectivity index (χ1n) is 7.57. The van der Waals surface area contributed by atoms with E-state index in [1.807, 2.05) is 13.0 Å². The molecule has 25 heavy (non-hydrogen) atoms. The molecule has 0 heterocycles. The molecule has 6 heteroatoms. The van der Waals surface area contributed by atoms with Gasteiger partial charge in [0, 0.05) is 11.3 Å². The fourth-order valence-electron chi connectivity index (χ4n) is 2.17. The first-order valence-corrected chi connectivity index (χ1v) is 7.57. The average molecular weight is 340 g/mol. The Kier molecular flexibility index (Phi) is 6.13. The number of carbonyl (C=O) groups is 1. The number of benzene rings is 2. The molecule has 0 aromatic heterocycles. The number of nitriles is 1. The van der Waals surface area contributed by atoms with E-state index in [2.05, 4.69) is 5.32 Å². The maximum absolute atomic E-state index is 12.9. The van der Waals surface area contributed by atoms with Gasteiger partial charge in [0.1, 0.15) is 17.5 Å². The van der Waals surface area contributed by atoms with Crippen LogP contribution < -0.4 is 14.8 Å². The van der Waals surface area contributed by atoms with Crippen LogP contribution in [0.15, 0.2) is 48.0 Å². The van der Waals surface area contributed by atoms with Crippen molar-refractivity contribution < 1.29 is 18.7 Å². The Morgan fingerprint density at radius 2 is 2.00 bits per heavy atom. The van der Waals surface area contributed by atoms with Crippen LogP contribution in [-0.2, 0) is 4.79 Å². The summed E-state index contributed by atoms with van der Waals surface area (Å²) in [5.41, 5.74) is 0.818. The molecule has 2 rings (SSSR count). The van der Waals surface area contributed by atoms with Gasteiger partial charge in [-0.2, -0.15) is 5.26 Å². The molecule has 0 unspecified atom stereocenters. The first kappa shape index (κ1) is 18.0. The number of halogens is 1. The van der Waals surface area contributed by atoms with Gasteiger partial charge in [0.15, 0.2) is 11.5 Å². The summed E-state index contributed by atoms with van der Waals surface area (Å²) in [4.78, 5) is 12.3. The maximum atomic E-state index is 12.9. The molecule has 0 spiro atoms. The highest BCUT2D eigenvalue weighted by Gasteiger charge is 2.13. The fourth-order valence-corrected chi connectivity index (χ4v) is 2.17. The van der Waals surface area contributed by atoms with E-state index in [0.29, 0.717) is 29.4 Å². The highest BCUT2D eigenvalue weighted by Crippen LogP contribution is 2.32. The normalized spacial score (nSPS) is 10.7. The molecule has 1 amide bonds. The van der Waals surface area contributed by atoms with Gasteiger partial charge in [0.25, 0.3) is 5.91 Å². The van der Waals surface area contributed by atoms with Gasteiger partial charge in [-0.05, 0) is 43.3 Å². The summed E-state index contributed by atoms with van der Waals surface area (Å²) in [5.74, 6) is -0.0498. The Morgan fingerprint density at radius 3 is 2.60 bits per heavy atom. The zero-order chi connectivity index (χ0) is 18.2. The summed E-state index contributed by atoms with van der Waals surface area (Å²) in [5, 5.41) is 11.9. The molecule has 5 nitrogen and oxygen atoms in total. The summed E-state index contributed by atoms with van der Waals surface area (Å²) in [6, 6.07) is 12.3. The number of nitrogens with one attached hydrogen (secondary N) is 1. The third-order valence-corrected chi connectivity index (χ3v) is 3.28. The number of methoxy groups -OCH3 is 1. The van der Waals surface area contributed by atoms with Crippen LogP contribution in [0.1, 0.15) is 12.5 Å². The highest BCUT2D eigenvalue weighted by atomic mass is 19.1. The van der Waals surface area contributed by atoms with Crippen molar-refractivity contribution in [3.63, 3.8) is 0 Å². The largest absolute Gasteiger partial charge is 0.492 e. The van der Waals surface area contributed by atoms with Crippen molar-refractivity contribution in [3.05, 3.63) is 59.4 Å². The number of carbonyl (C=O) groups excluding carboxylic acids is 1. The third kappa shape index (κ3) is 4.58. The quantitative estimate of drug-likeness (QED) is 0.642. The summed E-state index contributed by atoms with van der Waals surface area (Å²) in [7, 11) is 1.49. The molecule has 1 N–H and O–H groups in total. The molecular formula is C19H17FN2O3. The van der Waals surface area contributed by atoms with Crippen molar-refractivity contribution in [1.29, 1.82) is 5.26 Å². The number of hydrogen-bond donors (Lipinski definition) is 1. The van der Waals surface area contributed by atoms with Crippen LogP contribution in [0, 0.1) is 17.1 Å². The lowest BCUT2D eigenvalue weighted by molar-refractivity contribution is -0.112. The minimum atomic E-state index is -0.599. The van der Waals surface area contributed by atoms with Crippen molar-refractivity contribution in [2.24, 2.45) is 0 Å². The number of hydrogen-bond acceptors (Lipinski definition) is 4. The van der Waals surface area contributed by atoms with E-state index in [4.69, 9.17) is 9.47 Å². The predicted molar refractivity (Wildman–Crippen MR) is 92.8 cm³/mol. The molecule has 0 fully saturated rings. The van der Waals surface area contributed by atoms with E-state index in [0.717, 1.165) is 0 Å². The van der Waals surface area contributed by atoms with Crippen molar-refractivity contribution in [1.82, 2.24) is 0 Å². The minimum absolute atomic E-state index is 0.115. The lowest BCUT2D eigenvalue weighted by atomic mass is 10.1. The second-order valence-corrected chi connectivity index (χ2v) is 4.94. The van der Waals surface area contributed by atoms with E-state index < -0.39 is 11.7 Å². The molecule has 0 saturated heterocycles. The van der Waals surface area contributed by atoms with E-state index in [1.54, 1.807) is 18.2 Å². The number of ether oxygens (including phenoxy) is 2. The molecule has 0 aliphatic rings. The van der Waals surface area contributed by atoms with Gasteiger partial charge in [-0.15, -0.1) is 0 Å². The third-order valence-electron chi connectivity index (χ3n) is 3.28. The van der Waals surface area contributed by atoms with E-state index in [9.17, 15) is 14.4 Å². The number of anilines is 1. The monoisotopic (exact) mass is 340 g/mol. The zero-order valence-electron chi connectivity index (χ0n) is 13.9. The smallest absolute Gasteiger partial charge is 0.266 e. The van der Waals surface area contributed by atoms with Crippen LogP contribution >= 0.6 is 0 Å². The summed E-state index contributed by atoms with van der Waals surface area (Å²) < 4.78 is 23.7. The molecule has 0 bridgehead atoms. The number of para-hydroxylation sites is 1. The van der Waals surface area contributed by atoms with E-state index in [1.165, 1.54) is 37.5 Å². The molecule has 0 saturated carbocycles. The van der Waals surface area contributed by atoms with Crippen LogP contribution in [0.25, 0.3) is 6.08 Å². The van der Waals surface area contributed by atoms with Crippen molar-refractivity contribution >= 4 is 17.7 Å². The van der Waals surface area contributed by atoms with Crippen LogP contribution in [0.3, 0.4) is 0 Å². The number of nitrogens with zero attached hydrogens (tertiary/aromatic N) is 1. The number of amides is 1. The maximum Gasteiger partial charge on any atom is 0.266 e. The van der Waals surface area contributed by atoms with Gasteiger partial charge in [-0.25, -0.2) is 4.39 Å². The Hall–Kier alpha value is -3.33. The van der Waals surface area contributed by atoms with Crippen LogP contribution in [0.5, 0.6) is 11.5 Å². The zero-order valence-corrected chi connectivity index (χ0v) is 13.9. The predicted octanol–water partition coefficient (Wildman–Crippen LogP) is 3.78. The Bertz CT molecular complexity index is 824. The standard InChI is InChI=1S/C19H17FN2O3/c1-3-25-17-6-4-5-13(18(17)24-2)11-14(12-21)19(23)22-16-9-7-15(20)8-10-16/h4-11H,3H2,1-2H3,(H,22,23)/b14-11+. The molecule has 2 aromatic rings. The topological polar surface area (TPSA) is 71.3 Å². The van der Waals surface area contributed by atoms with Gasteiger partial charge in [0.2, 0.25) is 0 Å². The summed E-state index contributed by atoms with van der Waals surface area (Å²) in [6.07, 6.45) is 1.42. The summed E-state index contributed by atoms with van der Waals surface area (Å²) in [6.45, 7) is 2.30. The lowest BCUT2D eigenvalue weighted by Crippen LogP contribution is -2.13. The summed E-state index contributed by atoms with van der Waals surface area (Å²) >= 11 is 0. The Labute approximate surface area is 145 Å². The molecular weight excluding hydrogens is 323 g/mol. The van der Waals surface area contributed by atoms with Crippen LogP contribution in [-0.4, -0.2) is 19.6 Å². The minimum Gasteiger partial charge on any atom is -0.492 e. The van der Waals surface area contributed by atoms with Gasteiger partial charge in [0.05, 0.1) is 13.7 Å². The van der Waals surface area contributed by atoms with Gasteiger partial charge in [-0.1, -0.05) is 12.1 Å². The van der Waals surface area contributed by atoms with Crippen molar-refractivity contribution in [3.8, 4) is 17.6 Å². The van der Waals surface area contributed by atoms with E-state index >= 15 is 0 Å². The van der Waals surface area contributed by atoms with Crippen molar-refractivity contribution in [2.75, 3.05) is 19.0 Å². The Morgan fingerprint density at radius 1 is 1.28 bits per heavy atom. The second kappa shape index (κ2) is 8.50. The number of rotatable bonds is 6. The van der Waals surface area contributed by atoms with Crippen molar-refractivity contribution in [2.45, 2.75) is 6.92 Å².